The molecule has 2 heteroatoms. The van der Waals surface area contributed by atoms with E-state index in [-0.39, 0.29) is 0 Å². The molecule has 3 aliphatic rings. The lowest BCUT2D eigenvalue weighted by Crippen LogP contribution is -2.47. The highest BCUT2D eigenvalue weighted by Crippen LogP contribution is 2.39. The molecule has 1 saturated carbocycles. The second kappa shape index (κ2) is 4.62. The van der Waals surface area contributed by atoms with Gasteiger partial charge >= 0.3 is 0 Å². The predicted octanol–water partition coefficient (Wildman–Crippen LogP) is 3.36. The van der Waals surface area contributed by atoms with Crippen molar-refractivity contribution >= 4 is 5.91 Å². The van der Waals surface area contributed by atoms with Crippen LogP contribution in [0.4, 0.5) is 0 Å². The average molecular weight is 235 g/mol. The van der Waals surface area contributed by atoms with Crippen molar-refractivity contribution in [3.63, 3.8) is 0 Å². The van der Waals surface area contributed by atoms with Gasteiger partial charge in [-0.2, -0.15) is 0 Å². The number of hydrogen-bond donors (Lipinski definition) is 0. The number of carbonyl (C=O) groups excluding carboxylic acids is 1. The first-order valence-corrected chi connectivity index (χ1v) is 7.58. The van der Waals surface area contributed by atoms with Crippen LogP contribution in [0.2, 0.25) is 0 Å². The number of amides is 1. The molecule has 2 bridgehead atoms. The second-order valence-corrected chi connectivity index (χ2v) is 6.52. The molecule has 0 spiro atoms. The Bertz CT molecular complexity index is 277. The fourth-order valence-corrected chi connectivity index (χ4v) is 4.19. The third-order valence-corrected chi connectivity index (χ3v) is 5.31. The number of piperidine rings is 1. The highest BCUT2D eigenvalue weighted by atomic mass is 16.2. The number of fused-ring (bicyclic) bond motifs is 2. The van der Waals surface area contributed by atoms with Crippen molar-refractivity contribution in [2.45, 2.75) is 76.8 Å². The van der Waals surface area contributed by atoms with Crippen LogP contribution in [-0.4, -0.2) is 22.9 Å². The Hall–Kier alpha value is -0.530. The molecule has 0 aromatic heterocycles. The second-order valence-electron chi connectivity index (χ2n) is 6.52. The van der Waals surface area contributed by atoms with Crippen LogP contribution in [0.25, 0.3) is 0 Å². The largest absolute Gasteiger partial charge is 0.336 e. The summed E-state index contributed by atoms with van der Waals surface area (Å²) in [5.74, 6) is 1.73. The predicted molar refractivity (Wildman–Crippen MR) is 68.6 cm³/mol. The van der Waals surface area contributed by atoms with Crippen LogP contribution >= 0.6 is 0 Å². The van der Waals surface area contributed by atoms with E-state index in [4.69, 9.17) is 0 Å². The fourth-order valence-electron chi connectivity index (χ4n) is 4.19. The Morgan fingerprint density at radius 3 is 2.06 bits per heavy atom. The summed E-state index contributed by atoms with van der Waals surface area (Å²) in [6, 6.07) is 1.22. The Morgan fingerprint density at radius 1 is 0.882 bits per heavy atom. The van der Waals surface area contributed by atoms with Gasteiger partial charge in [-0.05, 0) is 63.7 Å². The van der Waals surface area contributed by atoms with E-state index in [2.05, 4.69) is 11.8 Å². The smallest absolute Gasteiger partial charge is 0.226 e. The molecule has 1 amide bonds. The molecular formula is C15H25NO. The number of carbonyl (C=O) groups is 1. The third-order valence-electron chi connectivity index (χ3n) is 5.31. The molecule has 2 atom stereocenters. The molecule has 0 aromatic carbocycles. The number of hydrogen-bond acceptors (Lipinski definition) is 1. The SMILES string of the molecule is CC1CCC(C(=O)N2[C@@H]3CCC[C@H]2CC3)CC1. The van der Waals surface area contributed by atoms with Crippen LogP contribution in [0.1, 0.15) is 64.7 Å². The van der Waals surface area contributed by atoms with Gasteiger partial charge in [0.2, 0.25) is 5.91 Å². The van der Waals surface area contributed by atoms with Crippen LogP contribution in [0.3, 0.4) is 0 Å². The average Bonchev–Trinajstić information content (AvgIpc) is 2.59. The Kier molecular flexibility index (Phi) is 3.14. The zero-order chi connectivity index (χ0) is 11.8. The standard InChI is InChI=1S/C15H25NO/c1-11-5-7-12(8-6-11)15(17)16-13-3-2-4-14(16)10-9-13/h11-14H,2-10H2,1H3/t11?,12?,13-,14+. The summed E-state index contributed by atoms with van der Waals surface area (Å²) in [4.78, 5) is 15.0. The molecule has 3 fully saturated rings. The van der Waals surface area contributed by atoms with Crippen LogP contribution in [-0.2, 0) is 4.79 Å². The number of rotatable bonds is 1. The minimum atomic E-state index is 0.368. The molecule has 96 valence electrons. The molecule has 0 radical (unpaired) electrons. The summed E-state index contributed by atoms with van der Waals surface area (Å²) in [7, 11) is 0. The zero-order valence-electron chi connectivity index (χ0n) is 11.0. The van der Waals surface area contributed by atoms with Crippen molar-refractivity contribution in [3.05, 3.63) is 0 Å². The van der Waals surface area contributed by atoms with E-state index in [0.717, 1.165) is 18.8 Å². The third kappa shape index (κ3) is 2.11. The van der Waals surface area contributed by atoms with E-state index in [1.54, 1.807) is 0 Å². The number of nitrogens with zero attached hydrogens (tertiary/aromatic N) is 1. The van der Waals surface area contributed by atoms with Crippen molar-refractivity contribution in [2.75, 3.05) is 0 Å². The molecule has 2 saturated heterocycles. The Balaban J connectivity index is 1.66. The van der Waals surface area contributed by atoms with Gasteiger partial charge in [-0.15, -0.1) is 0 Å². The molecular weight excluding hydrogens is 210 g/mol. The molecule has 1 aliphatic carbocycles. The molecule has 2 heterocycles. The van der Waals surface area contributed by atoms with Crippen LogP contribution in [0.5, 0.6) is 0 Å². The van der Waals surface area contributed by atoms with Crippen molar-refractivity contribution < 1.29 is 4.79 Å². The maximum atomic E-state index is 12.6. The zero-order valence-corrected chi connectivity index (χ0v) is 11.0. The van der Waals surface area contributed by atoms with Crippen LogP contribution in [0, 0.1) is 11.8 Å². The van der Waals surface area contributed by atoms with Gasteiger partial charge in [-0.25, -0.2) is 0 Å². The van der Waals surface area contributed by atoms with Crippen molar-refractivity contribution in [2.24, 2.45) is 11.8 Å². The Labute approximate surface area is 105 Å². The minimum absolute atomic E-state index is 0.368. The summed E-state index contributed by atoms with van der Waals surface area (Å²) in [6.07, 6.45) is 11.3. The highest BCUT2D eigenvalue weighted by Gasteiger charge is 2.41. The molecule has 0 aromatic rings. The van der Waals surface area contributed by atoms with Gasteiger partial charge in [0.1, 0.15) is 0 Å². The van der Waals surface area contributed by atoms with Gasteiger partial charge in [0.05, 0.1) is 0 Å². The Morgan fingerprint density at radius 2 is 1.47 bits per heavy atom. The van der Waals surface area contributed by atoms with Crippen LogP contribution in [0.15, 0.2) is 0 Å². The summed E-state index contributed by atoms with van der Waals surface area (Å²) in [6.45, 7) is 2.32. The first-order chi connectivity index (χ1) is 8.25. The molecule has 2 aliphatic heterocycles. The fraction of sp³-hybridized carbons (Fsp3) is 0.933. The van der Waals surface area contributed by atoms with Gasteiger partial charge in [-0.3, -0.25) is 4.79 Å². The summed E-state index contributed by atoms with van der Waals surface area (Å²) < 4.78 is 0. The quantitative estimate of drug-likeness (QED) is 0.682. The van der Waals surface area contributed by atoms with E-state index in [1.807, 2.05) is 0 Å². The van der Waals surface area contributed by atoms with Gasteiger partial charge < -0.3 is 4.90 Å². The van der Waals surface area contributed by atoms with E-state index in [0.29, 0.717) is 23.9 Å². The first kappa shape index (κ1) is 11.6. The molecule has 17 heavy (non-hydrogen) atoms. The maximum Gasteiger partial charge on any atom is 0.226 e. The highest BCUT2D eigenvalue weighted by molar-refractivity contribution is 5.80. The first-order valence-electron chi connectivity index (χ1n) is 7.58. The monoisotopic (exact) mass is 235 g/mol. The van der Waals surface area contributed by atoms with Crippen LogP contribution < -0.4 is 0 Å². The normalized spacial score (nSPS) is 41.6. The van der Waals surface area contributed by atoms with E-state index in [9.17, 15) is 4.79 Å². The van der Waals surface area contributed by atoms with E-state index in [1.165, 1.54) is 44.9 Å². The van der Waals surface area contributed by atoms with Crippen molar-refractivity contribution in [3.8, 4) is 0 Å². The van der Waals surface area contributed by atoms with E-state index >= 15 is 0 Å². The van der Waals surface area contributed by atoms with E-state index < -0.39 is 0 Å². The van der Waals surface area contributed by atoms with Crippen molar-refractivity contribution in [1.82, 2.24) is 4.90 Å². The van der Waals surface area contributed by atoms with Crippen molar-refractivity contribution in [1.29, 1.82) is 0 Å². The lowest BCUT2D eigenvalue weighted by Gasteiger charge is -2.38. The lowest BCUT2D eigenvalue weighted by atomic mass is 9.82. The topological polar surface area (TPSA) is 20.3 Å². The molecule has 2 nitrogen and oxygen atoms in total. The minimum Gasteiger partial charge on any atom is -0.336 e. The molecule has 0 unspecified atom stereocenters. The summed E-state index contributed by atoms with van der Waals surface area (Å²) >= 11 is 0. The molecule has 3 rings (SSSR count). The summed E-state index contributed by atoms with van der Waals surface area (Å²) in [5, 5.41) is 0. The molecule has 0 N–H and O–H groups in total. The summed E-state index contributed by atoms with van der Waals surface area (Å²) in [5.41, 5.74) is 0. The van der Waals surface area contributed by atoms with Gasteiger partial charge in [-0.1, -0.05) is 6.92 Å². The van der Waals surface area contributed by atoms with Gasteiger partial charge in [0.15, 0.2) is 0 Å². The van der Waals surface area contributed by atoms with Gasteiger partial charge in [0.25, 0.3) is 0 Å². The van der Waals surface area contributed by atoms with Gasteiger partial charge in [0, 0.05) is 18.0 Å². The maximum absolute atomic E-state index is 12.6. The lowest BCUT2D eigenvalue weighted by molar-refractivity contribution is -0.141.